The van der Waals surface area contributed by atoms with Crippen molar-refractivity contribution in [3.8, 4) is 0 Å². The molecule has 1 unspecified atom stereocenters. The van der Waals surface area contributed by atoms with Crippen LogP contribution in [0.4, 0.5) is 0 Å². The summed E-state index contributed by atoms with van der Waals surface area (Å²) in [5, 5.41) is 10.8. The minimum absolute atomic E-state index is 0.537. The number of rotatable bonds is 4. The zero-order valence-electron chi connectivity index (χ0n) is 11.9. The highest BCUT2D eigenvalue weighted by Gasteiger charge is 2.25. The van der Waals surface area contributed by atoms with E-state index in [9.17, 15) is 5.11 Å². The van der Waals surface area contributed by atoms with Gasteiger partial charge in [-0.2, -0.15) is 0 Å². The molecule has 0 spiro atoms. The topological polar surface area (TPSA) is 33.1 Å². The molecular formula is C18H21NO. The maximum absolute atomic E-state index is 10.8. The van der Waals surface area contributed by atoms with Crippen molar-refractivity contribution in [2.24, 2.45) is 0 Å². The van der Waals surface area contributed by atoms with Gasteiger partial charge in [-0.05, 0) is 53.5 Å². The lowest BCUT2D eigenvalue weighted by molar-refractivity contribution is 0.216. The lowest BCUT2D eigenvalue weighted by Crippen LogP contribution is -2.14. The van der Waals surface area contributed by atoms with Gasteiger partial charge in [0.1, 0.15) is 6.10 Å². The molecule has 0 amide bonds. The van der Waals surface area contributed by atoms with Crippen molar-refractivity contribution in [3.63, 3.8) is 0 Å². The molecule has 2 heteroatoms. The van der Waals surface area contributed by atoms with E-state index in [1.165, 1.54) is 24.8 Å². The Morgan fingerprint density at radius 2 is 2.00 bits per heavy atom. The van der Waals surface area contributed by atoms with Crippen LogP contribution in [0.25, 0.3) is 0 Å². The van der Waals surface area contributed by atoms with Gasteiger partial charge in [0.05, 0.1) is 0 Å². The average Bonchev–Trinajstić information content (AvgIpc) is 2.45. The Hall–Kier alpha value is -1.67. The Morgan fingerprint density at radius 3 is 2.70 bits per heavy atom. The van der Waals surface area contributed by atoms with Gasteiger partial charge >= 0.3 is 0 Å². The van der Waals surface area contributed by atoms with Gasteiger partial charge in [-0.25, -0.2) is 0 Å². The summed E-state index contributed by atoms with van der Waals surface area (Å²) in [5.41, 5.74) is 4.51. The van der Waals surface area contributed by atoms with E-state index < -0.39 is 6.10 Å². The minimum atomic E-state index is -0.537. The molecule has 0 saturated heterocycles. The fourth-order valence-electron chi connectivity index (χ4n) is 3.02. The van der Waals surface area contributed by atoms with E-state index in [0.29, 0.717) is 5.92 Å². The third-order valence-electron chi connectivity index (χ3n) is 4.45. The first-order valence-corrected chi connectivity index (χ1v) is 7.51. The molecule has 1 aliphatic rings. The third kappa shape index (κ3) is 2.36. The van der Waals surface area contributed by atoms with E-state index >= 15 is 0 Å². The van der Waals surface area contributed by atoms with E-state index in [2.05, 4.69) is 30.1 Å². The van der Waals surface area contributed by atoms with Crippen LogP contribution in [0.3, 0.4) is 0 Å². The molecule has 0 bridgehead atoms. The summed E-state index contributed by atoms with van der Waals surface area (Å²) in [4.78, 5) is 4.17. The molecule has 1 aromatic carbocycles. The Labute approximate surface area is 120 Å². The molecule has 1 heterocycles. The van der Waals surface area contributed by atoms with Gasteiger partial charge in [0.2, 0.25) is 0 Å². The Morgan fingerprint density at radius 1 is 1.20 bits per heavy atom. The molecule has 2 nitrogen and oxygen atoms in total. The maximum atomic E-state index is 10.8. The summed E-state index contributed by atoms with van der Waals surface area (Å²) >= 11 is 0. The second kappa shape index (κ2) is 5.76. The molecule has 1 aliphatic carbocycles. The molecule has 1 saturated carbocycles. The van der Waals surface area contributed by atoms with E-state index in [1.807, 2.05) is 18.3 Å². The van der Waals surface area contributed by atoms with Gasteiger partial charge in [-0.1, -0.05) is 37.6 Å². The number of hydrogen-bond acceptors (Lipinski definition) is 2. The second-order valence-corrected chi connectivity index (χ2v) is 5.59. The Bertz CT molecular complexity index is 589. The molecule has 20 heavy (non-hydrogen) atoms. The molecule has 104 valence electrons. The summed E-state index contributed by atoms with van der Waals surface area (Å²) < 4.78 is 0. The fraction of sp³-hybridized carbons (Fsp3) is 0.389. The summed E-state index contributed by atoms with van der Waals surface area (Å²) in [5.74, 6) is 0.632. The van der Waals surface area contributed by atoms with Crippen LogP contribution in [0.2, 0.25) is 0 Å². The number of aromatic nitrogens is 1. The molecule has 1 fully saturated rings. The van der Waals surface area contributed by atoms with Crippen LogP contribution in [0, 0.1) is 0 Å². The number of aliphatic hydroxyl groups is 1. The van der Waals surface area contributed by atoms with Crippen LogP contribution in [0.15, 0.2) is 42.7 Å². The summed E-state index contributed by atoms with van der Waals surface area (Å²) in [6, 6.07) is 10.3. The number of benzene rings is 1. The van der Waals surface area contributed by atoms with Crippen molar-refractivity contribution in [2.45, 2.75) is 44.6 Å². The van der Waals surface area contributed by atoms with Gasteiger partial charge in [0.25, 0.3) is 0 Å². The highest BCUT2D eigenvalue weighted by atomic mass is 16.3. The molecular weight excluding hydrogens is 246 g/mol. The zero-order valence-corrected chi connectivity index (χ0v) is 11.9. The average molecular weight is 267 g/mol. The highest BCUT2D eigenvalue weighted by Crippen LogP contribution is 2.40. The van der Waals surface area contributed by atoms with Crippen molar-refractivity contribution in [3.05, 3.63) is 65.0 Å². The molecule has 1 aromatic heterocycles. The zero-order chi connectivity index (χ0) is 13.9. The molecule has 3 rings (SSSR count). The van der Waals surface area contributed by atoms with Crippen LogP contribution in [0.5, 0.6) is 0 Å². The van der Waals surface area contributed by atoms with Gasteiger partial charge in [-0.15, -0.1) is 0 Å². The number of aryl methyl sites for hydroxylation is 1. The fourth-order valence-corrected chi connectivity index (χ4v) is 3.02. The van der Waals surface area contributed by atoms with Crippen LogP contribution in [-0.4, -0.2) is 10.1 Å². The van der Waals surface area contributed by atoms with Crippen molar-refractivity contribution in [1.29, 1.82) is 0 Å². The molecule has 1 atom stereocenters. The van der Waals surface area contributed by atoms with Gasteiger partial charge in [-0.3, -0.25) is 4.98 Å². The Balaban J connectivity index is 1.99. The van der Waals surface area contributed by atoms with Crippen LogP contribution >= 0.6 is 0 Å². The quantitative estimate of drug-likeness (QED) is 0.908. The maximum Gasteiger partial charge on any atom is 0.105 e. The van der Waals surface area contributed by atoms with Crippen molar-refractivity contribution < 1.29 is 5.11 Å². The SMILES string of the molecule is CCc1cnccc1C(O)c1ccccc1C1CCC1. The van der Waals surface area contributed by atoms with E-state index in [-0.39, 0.29) is 0 Å². The van der Waals surface area contributed by atoms with Crippen LogP contribution in [-0.2, 0) is 6.42 Å². The first-order chi connectivity index (χ1) is 9.81. The number of hydrogen-bond donors (Lipinski definition) is 1. The molecule has 2 aromatic rings. The smallest absolute Gasteiger partial charge is 0.105 e. The van der Waals surface area contributed by atoms with Crippen molar-refractivity contribution >= 4 is 0 Å². The van der Waals surface area contributed by atoms with Crippen molar-refractivity contribution in [1.82, 2.24) is 4.98 Å². The van der Waals surface area contributed by atoms with E-state index in [0.717, 1.165) is 23.1 Å². The molecule has 0 radical (unpaired) electrons. The minimum Gasteiger partial charge on any atom is -0.384 e. The van der Waals surface area contributed by atoms with Gasteiger partial charge < -0.3 is 5.11 Å². The van der Waals surface area contributed by atoms with Gasteiger partial charge in [0, 0.05) is 12.4 Å². The Kier molecular flexibility index (Phi) is 3.83. The first-order valence-electron chi connectivity index (χ1n) is 7.51. The predicted octanol–water partition coefficient (Wildman–Crippen LogP) is 3.99. The second-order valence-electron chi connectivity index (χ2n) is 5.59. The normalized spacial score (nSPS) is 16.7. The highest BCUT2D eigenvalue weighted by molar-refractivity contribution is 5.40. The first kappa shape index (κ1) is 13.3. The molecule has 1 N–H and O–H groups in total. The lowest BCUT2D eigenvalue weighted by atomic mass is 9.77. The standard InChI is InChI=1S/C18H21NO/c1-2-13-12-19-11-10-16(13)18(20)17-9-4-3-8-15(17)14-6-5-7-14/h3-4,8-12,14,18,20H,2,5-7H2,1H3. The lowest BCUT2D eigenvalue weighted by Gasteiger charge is -2.29. The third-order valence-corrected chi connectivity index (χ3v) is 4.45. The number of nitrogens with zero attached hydrogens (tertiary/aromatic N) is 1. The predicted molar refractivity (Wildman–Crippen MR) is 80.7 cm³/mol. The summed E-state index contributed by atoms with van der Waals surface area (Å²) in [6.45, 7) is 2.10. The summed E-state index contributed by atoms with van der Waals surface area (Å²) in [6.07, 6.45) is 7.80. The van der Waals surface area contributed by atoms with Gasteiger partial charge in [0.15, 0.2) is 0 Å². The molecule has 0 aliphatic heterocycles. The van der Waals surface area contributed by atoms with E-state index in [4.69, 9.17) is 0 Å². The van der Waals surface area contributed by atoms with Crippen LogP contribution < -0.4 is 0 Å². The monoisotopic (exact) mass is 267 g/mol. The number of pyridine rings is 1. The van der Waals surface area contributed by atoms with E-state index in [1.54, 1.807) is 6.20 Å². The van der Waals surface area contributed by atoms with Crippen LogP contribution in [0.1, 0.15) is 60.5 Å². The number of aliphatic hydroxyl groups excluding tert-OH is 1. The largest absolute Gasteiger partial charge is 0.384 e. The summed E-state index contributed by atoms with van der Waals surface area (Å²) in [7, 11) is 0. The van der Waals surface area contributed by atoms with Crippen molar-refractivity contribution in [2.75, 3.05) is 0 Å².